The summed E-state index contributed by atoms with van der Waals surface area (Å²) in [6.45, 7) is 8.50. The van der Waals surface area contributed by atoms with Gasteiger partial charge in [0.2, 0.25) is 0 Å². The third kappa shape index (κ3) is 4.12. The third-order valence-corrected chi connectivity index (χ3v) is 3.88. The highest BCUT2D eigenvalue weighted by Crippen LogP contribution is 2.24. The summed E-state index contributed by atoms with van der Waals surface area (Å²) in [5.41, 5.74) is 3.58. The summed E-state index contributed by atoms with van der Waals surface area (Å²) in [6, 6.07) is 8.72. The standard InChI is InChI=1S/C16H23N3S/c1-4-5-13-6-8-14(9-7-13)16-15(20-19-18-16)11-17-10-12(2)3/h6-9,12,17H,4-5,10-11H2,1-3H3. The molecule has 0 atom stereocenters. The van der Waals surface area contributed by atoms with Gasteiger partial charge in [-0.3, -0.25) is 0 Å². The molecule has 0 unspecified atom stereocenters. The Morgan fingerprint density at radius 3 is 2.60 bits per heavy atom. The van der Waals surface area contributed by atoms with E-state index in [2.05, 4.69) is 59.9 Å². The van der Waals surface area contributed by atoms with Gasteiger partial charge in [-0.1, -0.05) is 55.9 Å². The van der Waals surface area contributed by atoms with Crippen molar-refractivity contribution in [2.45, 2.75) is 40.2 Å². The second kappa shape index (κ2) is 7.50. The molecule has 0 bridgehead atoms. The number of nitrogens with zero attached hydrogens (tertiary/aromatic N) is 2. The Morgan fingerprint density at radius 1 is 1.20 bits per heavy atom. The average molecular weight is 289 g/mol. The summed E-state index contributed by atoms with van der Waals surface area (Å²) < 4.78 is 4.11. The summed E-state index contributed by atoms with van der Waals surface area (Å²) in [5.74, 6) is 0.660. The number of hydrogen-bond acceptors (Lipinski definition) is 4. The van der Waals surface area contributed by atoms with Crippen molar-refractivity contribution in [3.63, 3.8) is 0 Å². The van der Waals surface area contributed by atoms with Gasteiger partial charge < -0.3 is 5.32 Å². The zero-order chi connectivity index (χ0) is 14.4. The molecular weight excluding hydrogens is 266 g/mol. The van der Waals surface area contributed by atoms with Crippen LogP contribution in [0.3, 0.4) is 0 Å². The van der Waals surface area contributed by atoms with Crippen molar-refractivity contribution >= 4 is 11.5 Å². The first-order valence-electron chi connectivity index (χ1n) is 7.32. The van der Waals surface area contributed by atoms with Gasteiger partial charge in [0.05, 0.1) is 4.88 Å². The van der Waals surface area contributed by atoms with E-state index in [1.807, 2.05) is 0 Å². The van der Waals surface area contributed by atoms with Gasteiger partial charge in [-0.25, -0.2) is 0 Å². The predicted octanol–water partition coefficient (Wildman–Crippen LogP) is 3.90. The van der Waals surface area contributed by atoms with Crippen LogP contribution >= 0.6 is 11.5 Å². The van der Waals surface area contributed by atoms with Crippen LogP contribution in [-0.4, -0.2) is 16.1 Å². The topological polar surface area (TPSA) is 37.8 Å². The molecule has 0 saturated carbocycles. The van der Waals surface area contributed by atoms with E-state index in [0.29, 0.717) is 5.92 Å². The van der Waals surface area contributed by atoms with Crippen LogP contribution in [0.1, 0.15) is 37.6 Å². The van der Waals surface area contributed by atoms with E-state index >= 15 is 0 Å². The van der Waals surface area contributed by atoms with Gasteiger partial charge in [-0.2, -0.15) is 0 Å². The van der Waals surface area contributed by atoms with E-state index in [1.54, 1.807) is 0 Å². The number of aryl methyl sites for hydroxylation is 1. The normalized spacial score (nSPS) is 11.2. The molecule has 0 aliphatic heterocycles. The molecule has 3 nitrogen and oxygen atoms in total. The van der Waals surface area contributed by atoms with E-state index in [-0.39, 0.29) is 0 Å². The number of rotatable bonds is 7. The van der Waals surface area contributed by atoms with Crippen molar-refractivity contribution in [1.29, 1.82) is 0 Å². The van der Waals surface area contributed by atoms with Gasteiger partial charge in [0.25, 0.3) is 0 Å². The summed E-state index contributed by atoms with van der Waals surface area (Å²) in [4.78, 5) is 1.22. The number of hydrogen-bond donors (Lipinski definition) is 1. The summed E-state index contributed by atoms with van der Waals surface area (Å²) in [7, 11) is 0. The van der Waals surface area contributed by atoms with Gasteiger partial charge in [-0.05, 0) is 36.0 Å². The molecule has 0 spiro atoms. The van der Waals surface area contributed by atoms with Crippen molar-refractivity contribution in [2.75, 3.05) is 6.54 Å². The molecule has 0 radical (unpaired) electrons. The molecule has 20 heavy (non-hydrogen) atoms. The Hall–Kier alpha value is -1.26. The van der Waals surface area contributed by atoms with Crippen LogP contribution in [0.25, 0.3) is 11.3 Å². The summed E-state index contributed by atoms with van der Waals surface area (Å²) in [6.07, 6.45) is 2.32. The van der Waals surface area contributed by atoms with Gasteiger partial charge in [0.1, 0.15) is 5.69 Å². The maximum atomic E-state index is 4.29. The third-order valence-electron chi connectivity index (χ3n) is 3.16. The largest absolute Gasteiger partial charge is 0.311 e. The Kier molecular flexibility index (Phi) is 5.68. The zero-order valence-corrected chi connectivity index (χ0v) is 13.3. The molecule has 108 valence electrons. The van der Waals surface area contributed by atoms with Crippen LogP contribution in [0.15, 0.2) is 24.3 Å². The fourth-order valence-corrected chi connectivity index (χ4v) is 2.77. The first kappa shape index (κ1) is 15.1. The molecule has 1 aromatic heterocycles. The van der Waals surface area contributed by atoms with Crippen LogP contribution in [-0.2, 0) is 13.0 Å². The van der Waals surface area contributed by atoms with Crippen molar-refractivity contribution < 1.29 is 0 Å². The van der Waals surface area contributed by atoms with Gasteiger partial charge in [0.15, 0.2) is 0 Å². The molecule has 0 saturated heterocycles. The fourth-order valence-electron chi connectivity index (χ4n) is 2.14. The molecule has 0 aliphatic rings. The lowest BCUT2D eigenvalue weighted by molar-refractivity contribution is 0.555. The second-order valence-corrected chi connectivity index (χ2v) is 6.36. The molecule has 2 aromatic rings. The molecule has 0 aliphatic carbocycles. The lowest BCUT2D eigenvalue weighted by Gasteiger charge is -2.07. The van der Waals surface area contributed by atoms with Crippen molar-refractivity contribution in [3.05, 3.63) is 34.7 Å². The summed E-state index contributed by atoms with van der Waals surface area (Å²) in [5, 5.41) is 7.75. The molecule has 2 rings (SSSR count). The van der Waals surface area contributed by atoms with Crippen molar-refractivity contribution in [3.8, 4) is 11.3 Å². The van der Waals surface area contributed by atoms with E-state index in [9.17, 15) is 0 Å². The minimum absolute atomic E-state index is 0.660. The Balaban J connectivity index is 2.06. The minimum Gasteiger partial charge on any atom is -0.311 e. The highest BCUT2D eigenvalue weighted by molar-refractivity contribution is 7.05. The number of benzene rings is 1. The first-order chi connectivity index (χ1) is 9.70. The molecule has 1 heterocycles. The molecule has 1 N–H and O–H groups in total. The smallest absolute Gasteiger partial charge is 0.110 e. The maximum absolute atomic E-state index is 4.29. The van der Waals surface area contributed by atoms with Crippen LogP contribution in [0, 0.1) is 5.92 Å². The quantitative estimate of drug-likeness (QED) is 0.840. The van der Waals surface area contributed by atoms with E-state index < -0.39 is 0 Å². The second-order valence-electron chi connectivity index (χ2n) is 5.52. The predicted molar refractivity (Wildman–Crippen MR) is 85.9 cm³/mol. The lowest BCUT2D eigenvalue weighted by atomic mass is 10.1. The molecule has 4 heteroatoms. The highest BCUT2D eigenvalue weighted by Gasteiger charge is 2.10. The minimum atomic E-state index is 0.660. The summed E-state index contributed by atoms with van der Waals surface area (Å²) >= 11 is 1.49. The zero-order valence-electron chi connectivity index (χ0n) is 12.5. The van der Waals surface area contributed by atoms with Crippen LogP contribution in [0.5, 0.6) is 0 Å². The number of aromatic nitrogens is 2. The highest BCUT2D eigenvalue weighted by atomic mass is 32.1. The van der Waals surface area contributed by atoms with Crippen LogP contribution < -0.4 is 5.32 Å². The number of nitrogens with one attached hydrogen (secondary N) is 1. The van der Waals surface area contributed by atoms with Crippen LogP contribution in [0.4, 0.5) is 0 Å². The molecule has 0 fully saturated rings. The van der Waals surface area contributed by atoms with E-state index in [4.69, 9.17) is 0 Å². The van der Waals surface area contributed by atoms with Gasteiger partial charge in [-0.15, -0.1) is 5.10 Å². The Morgan fingerprint density at radius 2 is 1.95 bits per heavy atom. The Labute approximate surface area is 125 Å². The van der Waals surface area contributed by atoms with Crippen molar-refractivity contribution in [1.82, 2.24) is 14.9 Å². The van der Waals surface area contributed by atoms with Gasteiger partial charge >= 0.3 is 0 Å². The van der Waals surface area contributed by atoms with Crippen molar-refractivity contribution in [2.24, 2.45) is 5.92 Å². The Bertz CT molecular complexity index is 517. The fraction of sp³-hybridized carbons (Fsp3) is 0.500. The average Bonchev–Trinajstić information content (AvgIpc) is 2.88. The SMILES string of the molecule is CCCc1ccc(-c2nnsc2CNCC(C)C)cc1. The molecular formula is C16H23N3S. The van der Waals surface area contributed by atoms with E-state index in [0.717, 1.165) is 25.2 Å². The monoisotopic (exact) mass is 289 g/mol. The molecule has 1 aromatic carbocycles. The molecule has 0 amide bonds. The lowest BCUT2D eigenvalue weighted by Crippen LogP contribution is -2.18. The van der Waals surface area contributed by atoms with Crippen LogP contribution in [0.2, 0.25) is 0 Å². The maximum Gasteiger partial charge on any atom is 0.110 e. The first-order valence-corrected chi connectivity index (χ1v) is 8.09. The van der Waals surface area contributed by atoms with Gasteiger partial charge in [0, 0.05) is 12.1 Å². The van der Waals surface area contributed by atoms with E-state index in [1.165, 1.54) is 34.0 Å².